The molecule has 5 nitrogen and oxygen atoms in total. The second-order valence-electron chi connectivity index (χ2n) is 6.83. The minimum absolute atomic E-state index is 0.0301. The Morgan fingerprint density at radius 1 is 1.07 bits per heavy atom. The molecule has 0 aliphatic heterocycles. The van der Waals surface area contributed by atoms with Gasteiger partial charge in [-0.15, -0.1) is 0 Å². The van der Waals surface area contributed by atoms with Gasteiger partial charge in [0.15, 0.2) is 0 Å². The fraction of sp³-hybridized carbons (Fsp3) is 0.182. The highest BCUT2D eigenvalue weighted by Gasteiger charge is 2.19. The van der Waals surface area contributed by atoms with Gasteiger partial charge in [0.25, 0.3) is 5.91 Å². The summed E-state index contributed by atoms with van der Waals surface area (Å²) >= 11 is 0. The second-order valence-corrected chi connectivity index (χ2v) is 6.83. The van der Waals surface area contributed by atoms with Crippen LogP contribution in [0.1, 0.15) is 27.4 Å². The van der Waals surface area contributed by atoms with E-state index >= 15 is 0 Å². The highest BCUT2D eigenvalue weighted by atomic mass is 16.2. The molecule has 0 fully saturated rings. The van der Waals surface area contributed by atoms with E-state index in [2.05, 4.69) is 10.1 Å². The zero-order valence-corrected chi connectivity index (χ0v) is 15.7. The van der Waals surface area contributed by atoms with Crippen LogP contribution in [0.15, 0.2) is 60.7 Å². The summed E-state index contributed by atoms with van der Waals surface area (Å²) in [4.78, 5) is 17.8. The molecule has 0 spiro atoms. The summed E-state index contributed by atoms with van der Waals surface area (Å²) in [5.41, 5.74) is 5.66. The van der Waals surface area contributed by atoms with Gasteiger partial charge in [-0.1, -0.05) is 36.4 Å². The molecule has 0 atom stereocenters. The molecular weight excluding hydrogens is 336 g/mol. The van der Waals surface area contributed by atoms with Crippen molar-refractivity contribution in [2.75, 3.05) is 7.05 Å². The van der Waals surface area contributed by atoms with Crippen LogP contribution in [-0.2, 0) is 6.54 Å². The molecule has 0 bridgehead atoms. The van der Waals surface area contributed by atoms with Crippen LogP contribution in [0.2, 0.25) is 0 Å². The highest BCUT2D eigenvalue weighted by Crippen LogP contribution is 2.21. The first-order chi connectivity index (χ1) is 13.0. The Kier molecular flexibility index (Phi) is 4.28. The molecule has 1 amide bonds. The molecule has 4 rings (SSSR count). The zero-order chi connectivity index (χ0) is 19.0. The van der Waals surface area contributed by atoms with Crippen LogP contribution in [0.3, 0.4) is 0 Å². The van der Waals surface area contributed by atoms with Crippen molar-refractivity contribution in [1.29, 1.82) is 0 Å². The third-order valence-corrected chi connectivity index (χ3v) is 4.94. The summed E-state index contributed by atoms with van der Waals surface area (Å²) < 4.78 is 1.94. The van der Waals surface area contributed by atoms with Crippen LogP contribution in [-0.4, -0.2) is 32.6 Å². The lowest BCUT2D eigenvalue weighted by Gasteiger charge is -2.17. The Bertz CT molecular complexity index is 1080. The monoisotopic (exact) mass is 358 g/mol. The van der Waals surface area contributed by atoms with E-state index in [9.17, 15) is 4.79 Å². The lowest BCUT2D eigenvalue weighted by atomic mass is 10.1. The lowest BCUT2D eigenvalue weighted by molar-refractivity contribution is 0.0780. The molecule has 1 N–H and O–H groups in total. The van der Waals surface area contributed by atoms with Crippen LogP contribution in [0.4, 0.5) is 0 Å². The molecular formula is C22H22N4O. The molecule has 2 heterocycles. The number of rotatable bonds is 4. The van der Waals surface area contributed by atoms with Gasteiger partial charge in [-0.05, 0) is 38.1 Å². The summed E-state index contributed by atoms with van der Waals surface area (Å²) in [7, 11) is 1.83. The predicted octanol–water partition coefficient (Wildman–Crippen LogP) is 4.24. The molecule has 2 aromatic heterocycles. The fourth-order valence-corrected chi connectivity index (χ4v) is 3.43. The third kappa shape index (κ3) is 3.12. The van der Waals surface area contributed by atoms with E-state index in [1.54, 1.807) is 4.90 Å². The Morgan fingerprint density at radius 3 is 2.52 bits per heavy atom. The summed E-state index contributed by atoms with van der Waals surface area (Å²) in [5.74, 6) is -0.0301. The molecule has 0 aliphatic rings. The topological polar surface area (TPSA) is 53.9 Å². The molecule has 0 saturated carbocycles. The number of aryl methyl sites for hydroxylation is 1. The maximum atomic E-state index is 12.9. The van der Waals surface area contributed by atoms with Crippen LogP contribution in [0, 0.1) is 13.8 Å². The van der Waals surface area contributed by atoms with Gasteiger partial charge >= 0.3 is 0 Å². The summed E-state index contributed by atoms with van der Waals surface area (Å²) in [5, 5.41) is 5.71. The van der Waals surface area contributed by atoms with Gasteiger partial charge in [0, 0.05) is 35.8 Å². The number of benzene rings is 2. The van der Waals surface area contributed by atoms with Crippen molar-refractivity contribution in [3.05, 3.63) is 83.3 Å². The van der Waals surface area contributed by atoms with E-state index in [0.29, 0.717) is 12.2 Å². The van der Waals surface area contributed by atoms with Gasteiger partial charge < -0.3 is 9.88 Å². The van der Waals surface area contributed by atoms with E-state index in [-0.39, 0.29) is 5.91 Å². The molecule has 0 saturated heterocycles. The fourth-order valence-electron chi connectivity index (χ4n) is 3.43. The molecule has 136 valence electrons. The Morgan fingerprint density at radius 2 is 1.78 bits per heavy atom. The number of carbonyl (C=O) groups is 1. The van der Waals surface area contributed by atoms with E-state index < -0.39 is 0 Å². The molecule has 2 aromatic carbocycles. The van der Waals surface area contributed by atoms with Crippen LogP contribution < -0.4 is 0 Å². The van der Waals surface area contributed by atoms with E-state index in [0.717, 1.165) is 33.5 Å². The van der Waals surface area contributed by atoms with E-state index in [1.165, 1.54) is 0 Å². The first-order valence-electron chi connectivity index (χ1n) is 8.98. The van der Waals surface area contributed by atoms with Crippen LogP contribution >= 0.6 is 0 Å². The standard InChI is InChI=1S/C22H22N4O/c1-15-19(16(2)26(24-15)18-10-5-4-6-11-18)14-25(3)22(27)21-13-17-9-7-8-12-20(17)23-21/h4-13,23H,14H2,1-3H3. The predicted molar refractivity (Wildman–Crippen MR) is 107 cm³/mol. The van der Waals surface area contributed by atoms with Gasteiger partial charge in [-0.25, -0.2) is 4.68 Å². The Balaban J connectivity index is 1.60. The van der Waals surface area contributed by atoms with Gasteiger partial charge in [-0.2, -0.15) is 5.10 Å². The summed E-state index contributed by atoms with van der Waals surface area (Å²) in [6, 6.07) is 19.9. The zero-order valence-electron chi connectivity index (χ0n) is 15.7. The van der Waals surface area contributed by atoms with E-state index in [4.69, 9.17) is 0 Å². The van der Waals surface area contributed by atoms with E-state index in [1.807, 2.05) is 86.2 Å². The minimum Gasteiger partial charge on any atom is -0.351 e. The first kappa shape index (κ1) is 17.1. The number of H-pyrrole nitrogens is 1. The number of para-hydroxylation sites is 2. The molecule has 4 aromatic rings. The van der Waals surface area contributed by atoms with Crippen molar-refractivity contribution in [2.45, 2.75) is 20.4 Å². The number of amides is 1. The maximum absolute atomic E-state index is 12.9. The van der Waals surface area contributed by atoms with Crippen molar-refractivity contribution in [2.24, 2.45) is 0 Å². The normalized spacial score (nSPS) is 11.1. The Labute approximate surface area is 158 Å². The van der Waals surface area contributed by atoms with Crippen molar-refractivity contribution < 1.29 is 4.79 Å². The lowest BCUT2D eigenvalue weighted by Crippen LogP contribution is -2.27. The van der Waals surface area contributed by atoms with Crippen LogP contribution in [0.25, 0.3) is 16.6 Å². The van der Waals surface area contributed by atoms with Gasteiger partial charge in [-0.3, -0.25) is 4.79 Å². The average Bonchev–Trinajstić information content (AvgIpc) is 3.24. The number of fused-ring (bicyclic) bond motifs is 1. The third-order valence-electron chi connectivity index (χ3n) is 4.94. The SMILES string of the molecule is Cc1nn(-c2ccccc2)c(C)c1CN(C)C(=O)c1cc2ccccc2[nH]1. The van der Waals surface area contributed by atoms with Crippen molar-refractivity contribution in [1.82, 2.24) is 19.7 Å². The number of aromatic nitrogens is 3. The number of hydrogen-bond acceptors (Lipinski definition) is 2. The number of nitrogens with one attached hydrogen (secondary N) is 1. The first-order valence-corrected chi connectivity index (χ1v) is 8.98. The van der Waals surface area contributed by atoms with Crippen molar-refractivity contribution >= 4 is 16.8 Å². The highest BCUT2D eigenvalue weighted by molar-refractivity contribution is 5.97. The van der Waals surface area contributed by atoms with Gasteiger partial charge in [0.1, 0.15) is 5.69 Å². The van der Waals surface area contributed by atoms with Gasteiger partial charge in [0.05, 0.1) is 11.4 Å². The summed E-state index contributed by atoms with van der Waals surface area (Å²) in [6.45, 7) is 4.55. The van der Waals surface area contributed by atoms with Crippen molar-refractivity contribution in [3.8, 4) is 5.69 Å². The van der Waals surface area contributed by atoms with Gasteiger partial charge in [0.2, 0.25) is 0 Å². The number of carbonyl (C=O) groups excluding carboxylic acids is 1. The summed E-state index contributed by atoms with van der Waals surface area (Å²) in [6.07, 6.45) is 0. The Hall–Kier alpha value is -3.34. The number of nitrogens with zero attached hydrogens (tertiary/aromatic N) is 3. The van der Waals surface area contributed by atoms with Crippen molar-refractivity contribution in [3.63, 3.8) is 0 Å². The van der Waals surface area contributed by atoms with Crippen LogP contribution in [0.5, 0.6) is 0 Å². The number of aromatic amines is 1. The molecule has 5 heteroatoms. The molecule has 0 aliphatic carbocycles. The minimum atomic E-state index is -0.0301. The average molecular weight is 358 g/mol. The molecule has 27 heavy (non-hydrogen) atoms. The largest absolute Gasteiger partial charge is 0.351 e. The quantitative estimate of drug-likeness (QED) is 0.593. The number of hydrogen-bond donors (Lipinski definition) is 1. The maximum Gasteiger partial charge on any atom is 0.270 e. The molecule has 0 unspecified atom stereocenters. The molecule has 0 radical (unpaired) electrons. The second kappa shape index (κ2) is 6.76. The smallest absolute Gasteiger partial charge is 0.270 e.